The van der Waals surface area contributed by atoms with E-state index in [1.54, 1.807) is 0 Å². The van der Waals surface area contributed by atoms with Gasteiger partial charge < -0.3 is 0 Å². The van der Waals surface area contributed by atoms with Crippen molar-refractivity contribution < 1.29 is 0 Å². The molecule has 0 aliphatic carbocycles. The SMILES string of the molecule is [C-]#[N+]c1ccc(N(c2ccc([N+]#[C-])cc2)c2ccc(-c3cc[c]([Ge]([c]4ccccc4)([c]4ccccc4)[c]4ccccc4)cc3)cc2)cc1. The Balaban J connectivity index is 1.28. The zero-order valence-corrected chi connectivity index (χ0v) is 28.3. The first-order chi connectivity index (χ1) is 23.7. The van der Waals surface area contributed by atoms with Crippen LogP contribution in [0.25, 0.3) is 20.8 Å². The van der Waals surface area contributed by atoms with Gasteiger partial charge in [-0.1, -0.05) is 0 Å². The van der Waals surface area contributed by atoms with Crippen LogP contribution in [0.1, 0.15) is 0 Å². The van der Waals surface area contributed by atoms with Gasteiger partial charge in [-0.2, -0.15) is 0 Å². The van der Waals surface area contributed by atoms with Gasteiger partial charge in [-0.15, -0.1) is 0 Å². The minimum absolute atomic E-state index is 0.598. The van der Waals surface area contributed by atoms with Crippen molar-refractivity contribution in [1.29, 1.82) is 0 Å². The van der Waals surface area contributed by atoms with Crippen molar-refractivity contribution in [2.45, 2.75) is 0 Å². The first-order valence-electron chi connectivity index (χ1n) is 15.8. The summed E-state index contributed by atoms with van der Waals surface area (Å²) < 4.78 is 5.60. The number of nitrogens with zero attached hydrogens (tertiary/aromatic N) is 3. The number of benzene rings is 7. The Hall–Kier alpha value is -6.14. The summed E-state index contributed by atoms with van der Waals surface area (Å²) >= 11 is -3.31. The first kappa shape index (κ1) is 30.5. The van der Waals surface area contributed by atoms with Crippen LogP contribution in [0.3, 0.4) is 0 Å². The maximum absolute atomic E-state index is 7.36. The Morgan fingerprint density at radius 3 is 0.958 bits per heavy atom. The van der Waals surface area contributed by atoms with Crippen molar-refractivity contribution in [3.05, 3.63) is 211 Å². The van der Waals surface area contributed by atoms with Crippen LogP contribution in [-0.2, 0) is 0 Å². The summed E-state index contributed by atoms with van der Waals surface area (Å²) in [5.74, 6) is 0. The molecule has 226 valence electrons. The molecule has 0 aromatic heterocycles. The van der Waals surface area contributed by atoms with Gasteiger partial charge in [0.25, 0.3) is 0 Å². The molecule has 0 spiro atoms. The molecule has 0 radical (unpaired) electrons. The second-order valence-electron chi connectivity index (χ2n) is 11.6. The number of hydrogen-bond acceptors (Lipinski definition) is 1. The molecule has 0 saturated carbocycles. The van der Waals surface area contributed by atoms with E-state index in [0.29, 0.717) is 11.4 Å². The molecule has 0 N–H and O–H groups in total. The molecule has 48 heavy (non-hydrogen) atoms. The zero-order valence-electron chi connectivity index (χ0n) is 26.2. The van der Waals surface area contributed by atoms with Crippen LogP contribution in [-0.4, -0.2) is 13.3 Å². The van der Waals surface area contributed by atoms with Crippen molar-refractivity contribution in [3.8, 4) is 11.1 Å². The van der Waals surface area contributed by atoms with Crippen molar-refractivity contribution in [1.82, 2.24) is 0 Å². The van der Waals surface area contributed by atoms with E-state index >= 15 is 0 Å². The maximum atomic E-state index is 7.36. The van der Waals surface area contributed by atoms with Gasteiger partial charge in [0.15, 0.2) is 11.4 Å². The summed E-state index contributed by atoms with van der Waals surface area (Å²) in [4.78, 5) is 9.27. The van der Waals surface area contributed by atoms with Crippen LogP contribution in [0.2, 0.25) is 0 Å². The monoisotopic (exact) mass is 675 g/mol. The topological polar surface area (TPSA) is 12.0 Å². The Morgan fingerprint density at radius 1 is 0.333 bits per heavy atom. The van der Waals surface area contributed by atoms with Gasteiger partial charge in [-0.3, -0.25) is 0 Å². The normalized spacial score (nSPS) is 10.9. The standard InChI is InChI=1S/C44H31GeN3/c1-46-40-24-30-43(31-25-40)48(44-32-26-41(47-2)27-33-44)42-28-20-35(21-29-42)34-18-22-39(23-19-34)45(36-12-6-3-7-13-36,37-14-8-4-9-15-37)38-16-10-5-11-17-38/h3-33H. The van der Waals surface area contributed by atoms with Crippen molar-refractivity contribution in [2.75, 3.05) is 4.90 Å². The van der Waals surface area contributed by atoms with Gasteiger partial charge in [-0.05, 0) is 0 Å². The van der Waals surface area contributed by atoms with Crippen molar-refractivity contribution in [2.24, 2.45) is 0 Å². The van der Waals surface area contributed by atoms with E-state index in [1.807, 2.05) is 48.5 Å². The molecule has 3 nitrogen and oxygen atoms in total. The predicted molar refractivity (Wildman–Crippen MR) is 203 cm³/mol. The molecule has 0 heterocycles. The van der Waals surface area contributed by atoms with Crippen molar-refractivity contribution in [3.63, 3.8) is 0 Å². The second-order valence-corrected chi connectivity index (χ2v) is 19.6. The molecular formula is C44H31GeN3. The van der Waals surface area contributed by atoms with Gasteiger partial charge in [0.1, 0.15) is 0 Å². The number of hydrogen-bond donors (Lipinski definition) is 0. The molecule has 0 aliphatic heterocycles. The first-order valence-corrected chi connectivity index (χ1v) is 20.0. The molecule has 7 aromatic rings. The molecule has 0 unspecified atom stereocenters. The van der Waals surface area contributed by atoms with Crippen LogP contribution in [0.4, 0.5) is 28.4 Å². The minimum atomic E-state index is -3.31. The fourth-order valence-corrected chi connectivity index (χ4v) is 16.5. The Bertz CT molecular complexity index is 2050. The quantitative estimate of drug-likeness (QED) is 0.116. The second kappa shape index (κ2) is 13.7. The average molecular weight is 674 g/mol. The van der Waals surface area contributed by atoms with Crippen LogP contribution in [0, 0.1) is 13.1 Å². The Kier molecular flexibility index (Phi) is 8.70. The molecule has 0 fully saturated rings. The molecule has 0 atom stereocenters. The van der Waals surface area contributed by atoms with E-state index in [1.165, 1.54) is 17.6 Å². The predicted octanol–water partition coefficient (Wildman–Crippen LogP) is 9.30. The summed E-state index contributed by atoms with van der Waals surface area (Å²) in [5, 5.41) is 0. The average Bonchev–Trinajstić information content (AvgIpc) is 3.18. The third kappa shape index (κ3) is 5.80. The molecule has 0 amide bonds. The molecule has 0 bridgehead atoms. The number of anilines is 3. The van der Waals surface area contributed by atoms with Crippen LogP contribution in [0.5, 0.6) is 0 Å². The van der Waals surface area contributed by atoms with Gasteiger partial charge in [0.2, 0.25) is 0 Å². The van der Waals surface area contributed by atoms with E-state index in [-0.39, 0.29) is 0 Å². The Morgan fingerprint density at radius 2 is 0.625 bits per heavy atom. The third-order valence-electron chi connectivity index (χ3n) is 8.87. The van der Waals surface area contributed by atoms with E-state index < -0.39 is 13.3 Å². The molecule has 0 saturated heterocycles. The molecule has 4 heteroatoms. The van der Waals surface area contributed by atoms with Gasteiger partial charge in [0, 0.05) is 0 Å². The number of rotatable bonds is 8. The fourth-order valence-electron chi connectivity index (χ4n) is 6.58. The molecule has 7 rings (SSSR count). The molecular weight excluding hydrogens is 643 g/mol. The zero-order chi connectivity index (χ0) is 32.8. The fraction of sp³-hybridized carbons (Fsp3) is 0. The summed E-state index contributed by atoms with van der Waals surface area (Å²) in [7, 11) is 0. The summed E-state index contributed by atoms with van der Waals surface area (Å²) in [6, 6.07) is 66.2. The van der Waals surface area contributed by atoms with E-state index in [0.717, 1.165) is 28.2 Å². The van der Waals surface area contributed by atoms with E-state index in [4.69, 9.17) is 13.1 Å². The summed E-state index contributed by atoms with van der Waals surface area (Å²) in [6.07, 6.45) is 0. The van der Waals surface area contributed by atoms with Gasteiger partial charge in [-0.25, -0.2) is 9.69 Å². The van der Waals surface area contributed by atoms with Gasteiger partial charge in [0.05, 0.1) is 13.1 Å². The summed E-state index contributed by atoms with van der Waals surface area (Å²) in [6.45, 7) is 14.7. The van der Waals surface area contributed by atoms with Crippen LogP contribution in [0.15, 0.2) is 188 Å². The van der Waals surface area contributed by atoms with Crippen molar-refractivity contribution >= 4 is 59.3 Å². The third-order valence-corrected chi connectivity index (χ3v) is 18.9. The molecule has 7 aromatic carbocycles. The van der Waals surface area contributed by atoms with Crippen LogP contribution >= 0.6 is 0 Å². The van der Waals surface area contributed by atoms with E-state index in [2.05, 4.69) is 154 Å². The van der Waals surface area contributed by atoms with E-state index in [9.17, 15) is 0 Å². The molecule has 0 aliphatic rings. The van der Waals surface area contributed by atoms with Gasteiger partial charge >= 0.3 is 252 Å². The van der Waals surface area contributed by atoms with Crippen LogP contribution < -0.4 is 22.5 Å². The Labute approximate surface area is 285 Å². The summed E-state index contributed by atoms with van der Waals surface area (Å²) in [5.41, 5.74) is 6.37.